The Morgan fingerprint density at radius 2 is 1.85 bits per heavy atom. The molecule has 2 aromatic carbocycles. The largest absolute Gasteiger partial charge is 0.357 e. The van der Waals surface area contributed by atoms with Gasteiger partial charge in [0.2, 0.25) is 5.91 Å². The van der Waals surface area contributed by atoms with Crippen LogP contribution in [0.15, 0.2) is 58.2 Å². The number of carbonyl (C=O) groups is 1. The Bertz CT molecular complexity index is 1050. The summed E-state index contributed by atoms with van der Waals surface area (Å²) in [5.41, 5.74) is 3.16. The monoisotopic (exact) mass is 380 g/mol. The quantitative estimate of drug-likeness (QED) is 0.618. The van der Waals surface area contributed by atoms with Crippen LogP contribution in [0.4, 0.5) is 5.69 Å². The summed E-state index contributed by atoms with van der Waals surface area (Å²) in [5.74, 6) is 0.590. The molecule has 0 bridgehead atoms. The molecule has 0 saturated carbocycles. The molecule has 0 aliphatic heterocycles. The average molecular weight is 381 g/mol. The van der Waals surface area contributed by atoms with Crippen LogP contribution in [0.25, 0.3) is 10.9 Å². The summed E-state index contributed by atoms with van der Waals surface area (Å²) in [6, 6.07) is 15.1. The lowest BCUT2D eigenvalue weighted by molar-refractivity contribution is -0.123. The Morgan fingerprint density at radius 1 is 1.11 bits per heavy atom. The third-order valence-electron chi connectivity index (χ3n) is 4.33. The maximum atomic E-state index is 12.4. The number of nitrogens with one attached hydrogen (secondary N) is 2. The number of para-hydroxylation sites is 2. The molecule has 1 heterocycles. The molecule has 3 aromatic rings. The van der Waals surface area contributed by atoms with Crippen molar-refractivity contribution in [2.24, 2.45) is 5.41 Å². The number of aryl methyl sites for hydroxylation is 1. The van der Waals surface area contributed by atoms with E-state index in [9.17, 15) is 9.59 Å². The van der Waals surface area contributed by atoms with Crippen LogP contribution >= 0.6 is 11.8 Å². The van der Waals surface area contributed by atoms with E-state index in [4.69, 9.17) is 0 Å². The average Bonchev–Trinajstić information content (AvgIpc) is 2.61. The smallest absolute Gasteiger partial charge is 0.229 e. The van der Waals surface area contributed by atoms with Crippen LogP contribution in [0.3, 0.4) is 0 Å². The summed E-state index contributed by atoms with van der Waals surface area (Å²) in [7, 11) is 0. The first-order valence-corrected chi connectivity index (χ1v) is 9.89. The molecule has 0 saturated heterocycles. The summed E-state index contributed by atoms with van der Waals surface area (Å²) in [6.07, 6.45) is 0. The van der Waals surface area contributed by atoms with Gasteiger partial charge in [0, 0.05) is 33.2 Å². The number of aromatic nitrogens is 1. The van der Waals surface area contributed by atoms with E-state index >= 15 is 0 Å². The van der Waals surface area contributed by atoms with Crippen molar-refractivity contribution in [2.75, 3.05) is 5.32 Å². The molecule has 0 atom stereocenters. The highest BCUT2D eigenvalue weighted by Crippen LogP contribution is 2.30. The number of aromatic amines is 1. The molecule has 5 heteroatoms. The Balaban J connectivity index is 1.84. The molecule has 0 aliphatic rings. The van der Waals surface area contributed by atoms with Crippen LogP contribution in [-0.2, 0) is 10.5 Å². The van der Waals surface area contributed by atoms with E-state index in [1.807, 2.05) is 70.2 Å². The maximum Gasteiger partial charge on any atom is 0.229 e. The zero-order valence-electron chi connectivity index (χ0n) is 16.1. The van der Waals surface area contributed by atoms with Gasteiger partial charge in [0.1, 0.15) is 0 Å². The number of rotatable bonds is 4. The number of pyridine rings is 1. The third kappa shape index (κ3) is 4.42. The van der Waals surface area contributed by atoms with Crippen LogP contribution in [0, 0.1) is 12.3 Å². The van der Waals surface area contributed by atoms with Crippen molar-refractivity contribution in [3.63, 3.8) is 0 Å². The number of hydrogen-bond donors (Lipinski definition) is 2. The fourth-order valence-electron chi connectivity index (χ4n) is 2.71. The number of carbonyl (C=O) groups excluding carboxylic acids is 1. The van der Waals surface area contributed by atoms with Gasteiger partial charge >= 0.3 is 0 Å². The van der Waals surface area contributed by atoms with E-state index in [-0.39, 0.29) is 11.3 Å². The topological polar surface area (TPSA) is 62.0 Å². The first kappa shape index (κ1) is 19.2. The van der Waals surface area contributed by atoms with Crippen LogP contribution in [0.2, 0.25) is 0 Å². The molecule has 0 aliphatic carbocycles. The zero-order valence-corrected chi connectivity index (χ0v) is 16.9. The summed E-state index contributed by atoms with van der Waals surface area (Å²) in [6.45, 7) is 7.66. The van der Waals surface area contributed by atoms with Crippen molar-refractivity contribution in [3.8, 4) is 0 Å². The minimum absolute atomic E-state index is 0.0229. The van der Waals surface area contributed by atoms with Gasteiger partial charge in [0.25, 0.3) is 0 Å². The molecule has 2 N–H and O–H groups in total. The summed E-state index contributed by atoms with van der Waals surface area (Å²) in [5, 5.41) is 3.71. The Kier molecular flexibility index (Phi) is 5.42. The molecule has 1 aromatic heterocycles. The Hall–Kier alpha value is -2.53. The second kappa shape index (κ2) is 7.61. The first-order chi connectivity index (χ1) is 12.8. The van der Waals surface area contributed by atoms with Gasteiger partial charge in [-0.1, -0.05) is 45.0 Å². The number of hydrogen-bond acceptors (Lipinski definition) is 3. The van der Waals surface area contributed by atoms with Gasteiger partial charge in [0.05, 0.1) is 11.2 Å². The third-order valence-corrected chi connectivity index (χ3v) is 5.45. The van der Waals surface area contributed by atoms with E-state index in [1.165, 1.54) is 0 Å². The molecular weight excluding hydrogens is 356 g/mol. The van der Waals surface area contributed by atoms with Crippen LogP contribution < -0.4 is 10.7 Å². The fourth-order valence-corrected chi connectivity index (χ4v) is 3.63. The Morgan fingerprint density at radius 3 is 2.59 bits per heavy atom. The predicted octanol–water partition coefficient (Wildman–Crippen LogP) is 5.11. The standard InChI is InChI=1S/C22H24N2O2S/c1-14-8-7-9-16-18(25)12-15(23-20(14)16)13-27-19-11-6-5-10-17(19)24-21(26)22(2,3)4/h5-12H,13H2,1-4H3,(H,23,25)(H,24,26). The highest BCUT2D eigenvalue weighted by molar-refractivity contribution is 7.98. The number of fused-ring (bicyclic) bond motifs is 1. The number of thioether (sulfide) groups is 1. The number of benzene rings is 2. The van der Waals surface area contributed by atoms with Crippen molar-refractivity contribution in [1.29, 1.82) is 0 Å². The van der Waals surface area contributed by atoms with Gasteiger partial charge in [-0.15, -0.1) is 11.8 Å². The molecule has 140 valence electrons. The minimum atomic E-state index is -0.459. The molecule has 0 unspecified atom stereocenters. The van der Waals surface area contributed by atoms with E-state index in [1.54, 1.807) is 17.8 Å². The van der Waals surface area contributed by atoms with E-state index < -0.39 is 5.41 Å². The molecular formula is C22H24N2O2S. The normalized spacial score (nSPS) is 11.6. The van der Waals surface area contributed by atoms with E-state index in [0.717, 1.165) is 27.4 Å². The minimum Gasteiger partial charge on any atom is -0.357 e. The molecule has 3 rings (SSSR count). The second-order valence-corrected chi connectivity index (χ2v) is 8.66. The number of anilines is 1. The lowest BCUT2D eigenvalue weighted by Crippen LogP contribution is -2.27. The lowest BCUT2D eigenvalue weighted by Gasteiger charge is -2.19. The van der Waals surface area contributed by atoms with Crippen molar-refractivity contribution in [1.82, 2.24) is 4.98 Å². The van der Waals surface area contributed by atoms with Gasteiger partial charge in [-0.3, -0.25) is 9.59 Å². The van der Waals surface area contributed by atoms with Gasteiger partial charge in [-0.25, -0.2) is 0 Å². The predicted molar refractivity (Wildman–Crippen MR) is 113 cm³/mol. The van der Waals surface area contributed by atoms with Crippen molar-refractivity contribution >= 4 is 34.3 Å². The van der Waals surface area contributed by atoms with Crippen molar-refractivity contribution < 1.29 is 4.79 Å². The number of H-pyrrole nitrogens is 1. The van der Waals surface area contributed by atoms with Gasteiger partial charge in [-0.2, -0.15) is 0 Å². The summed E-state index contributed by atoms with van der Waals surface area (Å²) >= 11 is 1.59. The second-order valence-electron chi connectivity index (χ2n) is 7.65. The fraction of sp³-hybridized carbons (Fsp3) is 0.273. The van der Waals surface area contributed by atoms with Gasteiger partial charge < -0.3 is 10.3 Å². The molecule has 27 heavy (non-hydrogen) atoms. The van der Waals surface area contributed by atoms with E-state index in [0.29, 0.717) is 11.1 Å². The highest BCUT2D eigenvalue weighted by atomic mass is 32.2. The molecule has 4 nitrogen and oxygen atoms in total. The number of amides is 1. The maximum absolute atomic E-state index is 12.4. The highest BCUT2D eigenvalue weighted by Gasteiger charge is 2.22. The van der Waals surface area contributed by atoms with Gasteiger partial charge in [0.15, 0.2) is 5.43 Å². The lowest BCUT2D eigenvalue weighted by atomic mass is 9.95. The van der Waals surface area contributed by atoms with Crippen LogP contribution in [0.5, 0.6) is 0 Å². The van der Waals surface area contributed by atoms with Crippen LogP contribution in [-0.4, -0.2) is 10.9 Å². The van der Waals surface area contributed by atoms with Crippen molar-refractivity contribution in [3.05, 3.63) is 70.0 Å². The SMILES string of the molecule is Cc1cccc2c(=O)cc(CSc3ccccc3NC(=O)C(C)(C)C)[nH]c12. The Labute approximate surface area is 163 Å². The molecule has 0 radical (unpaired) electrons. The van der Waals surface area contributed by atoms with Gasteiger partial charge in [-0.05, 0) is 30.7 Å². The molecule has 1 amide bonds. The summed E-state index contributed by atoms with van der Waals surface area (Å²) < 4.78 is 0. The first-order valence-electron chi connectivity index (χ1n) is 8.90. The summed E-state index contributed by atoms with van der Waals surface area (Å²) in [4.78, 5) is 29.1. The van der Waals surface area contributed by atoms with Crippen molar-refractivity contribution in [2.45, 2.75) is 38.3 Å². The zero-order chi connectivity index (χ0) is 19.6. The van der Waals surface area contributed by atoms with Crippen LogP contribution in [0.1, 0.15) is 32.0 Å². The molecule has 0 fully saturated rings. The van der Waals surface area contributed by atoms with E-state index in [2.05, 4.69) is 10.3 Å². The molecule has 0 spiro atoms.